The van der Waals surface area contributed by atoms with Crippen molar-refractivity contribution < 1.29 is 0 Å². The van der Waals surface area contributed by atoms with Gasteiger partial charge in [0.15, 0.2) is 0 Å². The van der Waals surface area contributed by atoms with Crippen molar-refractivity contribution in [2.24, 2.45) is 7.05 Å². The van der Waals surface area contributed by atoms with Crippen LogP contribution >= 0.6 is 11.8 Å². The molecule has 0 amide bonds. The molecule has 0 unspecified atom stereocenters. The van der Waals surface area contributed by atoms with E-state index in [1.807, 2.05) is 14.1 Å². The summed E-state index contributed by atoms with van der Waals surface area (Å²) < 4.78 is 1.67. The van der Waals surface area contributed by atoms with Gasteiger partial charge in [-0.05, 0) is 47.8 Å². The summed E-state index contributed by atoms with van der Waals surface area (Å²) >= 11 is 1.58. The monoisotopic (exact) mass is 249 g/mol. The maximum absolute atomic E-state index is 3.98. The minimum atomic E-state index is 0.797. The lowest BCUT2D eigenvalue weighted by atomic mass is 10.1. The predicted octanol–water partition coefficient (Wildman–Crippen LogP) is 1.39. The second-order valence-corrected chi connectivity index (χ2v) is 4.84. The number of nitrogens with zero attached hydrogens (tertiary/aromatic N) is 4. The molecular weight excluding hydrogens is 234 g/mol. The Balaban J connectivity index is 2.29. The lowest BCUT2D eigenvalue weighted by Gasteiger charge is -2.08. The van der Waals surface area contributed by atoms with Crippen LogP contribution in [0.5, 0.6) is 0 Å². The van der Waals surface area contributed by atoms with Crippen molar-refractivity contribution in [3.63, 3.8) is 0 Å². The van der Waals surface area contributed by atoms with Gasteiger partial charge in [-0.15, -0.1) is 5.10 Å². The Morgan fingerprint density at radius 1 is 1.41 bits per heavy atom. The van der Waals surface area contributed by atoms with Gasteiger partial charge >= 0.3 is 0 Å². The normalized spacial score (nSPS) is 10.8. The Labute approximate surface area is 105 Å². The van der Waals surface area contributed by atoms with E-state index in [1.54, 1.807) is 16.4 Å². The van der Waals surface area contributed by atoms with Gasteiger partial charge < -0.3 is 5.32 Å². The Morgan fingerprint density at radius 2 is 2.24 bits per heavy atom. The van der Waals surface area contributed by atoms with Crippen LogP contribution in [0.4, 0.5) is 0 Å². The zero-order chi connectivity index (χ0) is 12.3. The summed E-state index contributed by atoms with van der Waals surface area (Å²) in [6, 6.07) is 6.40. The topological polar surface area (TPSA) is 55.6 Å². The molecule has 0 aliphatic carbocycles. The van der Waals surface area contributed by atoms with E-state index in [0.29, 0.717) is 0 Å². The quantitative estimate of drug-likeness (QED) is 0.887. The van der Waals surface area contributed by atoms with Crippen molar-refractivity contribution in [1.29, 1.82) is 0 Å². The standard InChI is InChI=1S/C11H15N5S/c1-8-4-5-10(9(6-8)7-12-2)17-11-13-14-15-16(11)3/h4-6,12H,7H2,1-3H3. The number of benzene rings is 1. The molecule has 6 heteroatoms. The molecule has 1 heterocycles. The van der Waals surface area contributed by atoms with Crippen molar-refractivity contribution in [1.82, 2.24) is 25.5 Å². The third kappa shape index (κ3) is 2.83. The maximum atomic E-state index is 3.98. The molecule has 0 saturated carbocycles. The van der Waals surface area contributed by atoms with Crippen LogP contribution in [0.2, 0.25) is 0 Å². The smallest absolute Gasteiger partial charge is 0.213 e. The number of nitrogens with one attached hydrogen (secondary N) is 1. The largest absolute Gasteiger partial charge is 0.316 e. The molecule has 2 aromatic rings. The Bertz CT molecular complexity index is 508. The van der Waals surface area contributed by atoms with Crippen molar-refractivity contribution >= 4 is 11.8 Å². The third-order valence-electron chi connectivity index (χ3n) is 2.37. The third-order valence-corrected chi connectivity index (χ3v) is 3.51. The fourth-order valence-corrected chi connectivity index (χ4v) is 2.38. The number of hydrogen-bond acceptors (Lipinski definition) is 5. The van der Waals surface area contributed by atoms with Crippen LogP contribution in [0.3, 0.4) is 0 Å². The number of hydrogen-bond donors (Lipinski definition) is 1. The fourth-order valence-electron chi connectivity index (χ4n) is 1.54. The number of aryl methyl sites for hydroxylation is 2. The average Bonchev–Trinajstić information content (AvgIpc) is 2.69. The average molecular weight is 249 g/mol. The molecule has 1 aromatic carbocycles. The fraction of sp³-hybridized carbons (Fsp3) is 0.364. The summed E-state index contributed by atoms with van der Waals surface area (Å²) in [4.78, 5) is 1.18. The van der Waals surface area contributed by atoms with Crippen LogP contribution in [0.25, 0.3) is 0 Å². The van der Waals surface area contributed by atoms with E-state index in [0.717, 1.165) is 11.7 Å². The first-order chi connectivity index (χ1) is 8.20. The van der Waals surface area contributed by atoms with Crippen molar-refractivity contribution in [3.8, 4) is 0 Å². The molecule has 0 aliphatic heterocycles. The Hall–Kier alpha value is -1.40. The van der Waals surface area contributed by atoms with Gasteiger partial charge in [0, 0.05) is 18.5 Å². The highest BCUT2D eigenvalue weighted by atomic mass is 32.2. The van der Waals surface area contributed by atoms with Gasteiger partial charge in [0.05, 0.1) is 0 Å². The highest BCUT2D eigenvalue weighted by Crippen LogP contribution is 2.28. The van der Waals surface area contributed by atoms with Crippen LogP contribution in [0.1, 0.15) is 11.1 Å². The molecular formula is C11H15N5S. The van der Waals surface area contributed by atoms with Crippen molar-refractivity contribution in [3.05, 3.63) is 29.3 Å². The minimum Gasteiger partial charge on any atom is -0.316 e. The minimum absolute atomic E-state index is 0.797. The molecule has 0 saturated heterocycles. The van der Waals surface area contributed by atoms with Gasteiger partial charge in [-0.2, -0.15) is 0 Å². The van der Waals surface area contributed by atoms with Crippen LogP contribution in [-0.4, -0.2) is 27.3 Å². The van der Waals surface area contributed by atoms with E-state index in [4.69, 9.17) is 0 Å². The SMILES string of the molecule is CNCc1cc(C)ccc1Sc1nnnn1C. The molecule has 0 atom stereocenters. The molecule has 0 aliphatic rings. The molecule has 17 heavy (non-hydrogen) atoms. The van der Waals surface area contributed by atoms with E-state index in [1.165, 1.54) is 16.0 Å². The van der Waals surface area contributed by atoms with E-state index in [-0.39, 0.29) is 0 Å². The van der Waals surface area contributed by atoms with E-state index < -0.39 is 0 Å². The lowest BCUT2D eigenvalue weighted by Crippen LogP contribution is -2.06. The summed E-state index contributed by atoms with van der Waals surface area (Å²) in [6.45, 7) is 2.94. The summed E-state index contributed by atoms with van der Waals surface area (Å²) in [5.41, 5.74) is 2.52. The van der Waals surface area contributed by atoms with Crippen LogP contribution < -0.4 is 5.32 Å². The van der Waals surface area contributed by atoms with Crippen molar-refractivity contribution in [2.75, 3.05) is 7.05 Å². The molecule has 1 N–H and O–H groups in total. The van der Waals surface area contributed by atoms with Gasteiger partial charge in [-0.25, -0.2) is 4.68 Å². The highest BCUT2D eigenvalue weighted by molar-refractivity contribution is 7.99. The lowest BCUT2D eigenvalue weighted by molar-refractivity contribution is 0.664. The number of tetrazole rings is 1. The van der Waals surface area contributed by atoms with Crippen LogP contribution in [-0.2, 0) is 13.6 Å². The summed E-state index contributed by atoms with van der Waals surface area (Å²) in [5, 5.41) is 15.4. The highest BCUT2D eigenvalue weighted by Gasteiger charge is 2.08. The predicted molar refractivity (Wildman–Crippen MR) is 66.9 cm³/mol. The molecule has 0 bridgehead atoms. The van der Waals surface area contributed by atoms with Gasteiger partial charge in [0.25, 0.3) is 0 Å². The second-order valence-electron chi connectivity index (χ2n) is 3.83. The van der Waals surface area contributed by atoms with Gasteiger partial charge in [-0.1, -0.05) is 17.7 Å². The molecule has 90 valence electrons. The van der Waals surface area contributed by atoms with E-state index in [2.05, 4.69) is 46.0 Å². The van der Waals surface area contributed by atoms with Crippen LogP contribution in [0, 0.1) is 6.92 Å². The van der Waals surface area contributed by atoms with Gasteiger partial charge in [-0.3, -0.25) is 0 Å². The second kappa shape index (κ2) is 5.29. The molecule has 0 fully saturated rings. The molecule has 0 spiro atoms. The maximum Gasteiger partial charge on any atom is 0.213 e. The van der Waals surface area contributed by atoms with E-state index in [9.17, 15) is 0 Å². The number of aromatic nitrogens is 4. The zero-order valence-electron chi connectivity index (χ0n) is 10.1. The summed E-state index contributed by atoms with van der Waals surface area (Å²) in [6.07, 6.45) is 0. The molecule has 1 aromatic heterocycles. The molecule has 2 rings (SSSR count). The summed E-state index contributed by atoms with van der Waals surface area (Å²) in [7, 11) is 3.79. The Kier molecular flexibility index (Phi) is 3.75. The zero-order valence-corrected chi connectivity index (χ0v) is 11.0. The van der Waals surface area contributed by atoms with E-state index >= 15 is 0 Å². The molecule has 0 radical (unpaired) electrons. The first-order valence-electron chi connectivity index (χ1n) is 5.35. The van der Waals surface area contributed by atoms with Crippen LogP contribution in [0.15, 0.2) is 28.3 Å². The summed E-state index contributed by atoms with van der Waals surface area (Å²) in [5.74, 6) is 0. The van der Waals surface area contributed by atoms with Gasteiger partial charge in [0.1, 0.15) is 0 Å². The first kappa shape index (κ1) is 12.1. The Morgan fingerprint density at radius 3 is 2.88 bits per heavy atom. The first-order valence-corrected chi connectivity index (χ1v) is 6.16. The molecule has 5 nitrogen and oxygen atoms in total. The van der Waals surface area contributed by atoms with Gasteiger partial charge in [0.2, 0.25) is 5.16 Å². The van der Waals surface area contributed by atoms with Crippen molar-refractivity contribution in [2.45, 2.75) is 23.5 Å². The number of rotatable bonds is 4.